The van der Waals surface area contributed by atoms with Crippen LogP contribution in [0.3, 0.4) is 0 Å². The quantitative estimate of drug-likeness (QED) is 0.751. The monoisotopic (exact) mass is 394 g/mol. The highest BCUT2D eigenvalue weighted by Crippen LogP contribution is 2.25. The van der Waals surface area contributed by atoms with Crippen LogP contribution in [0.2, 0.25) is 5.02 Å². The van der Waals surface area contributed by atoms with Gasteiger partial charge in [-0.25, -0.2) is 12.7 Å². The third-order valence-electron chi connectivity index (χ3n) is 4.03. The van der Waals surface area contributed by atoms with Gasteiger partial charge in [0.15, 0.2) is 0 Å². The molecule has 0 aliphatic heterocycles. The minimum absolute atomic E-state index is 0.0404. The van der Waals surface area contributed by atoms with Gasteiger partial charge in [-0.05, 0) is 37.6 Å². The van der Waals surface area contributed by atoms with E-state index in [9.17, 15) is 13.2 Å². The fourth-order valence-corrected chi connectivity index (χ4v) is 3.59. The summed E-state index contributed by atoms with van der Waals surface area (Å²) in [6.45, 7) is 4.24. The molecule has 0 unspecified atom stereocenters. The van der Waals surface area contributed by atoms with E-state index in [1.165, 1.54) is 32.3 Å². The molecule has 2 aromatic carbocycles. The lowest BCUT2D eigenvalue weighted by molar-refractivity contribution is 0.0690. The number of nitrogens with zero attached hydrogens (tertiary/aromatic N) is 2. The summed E-state index contributed by atoms with van der Waals surface area (Å²) in [4.78, 5) is 14.8. The molecule has 0 aliphatic rings. The topological polar surface area (TPSA) is 57.7 Å². The predicted molar refractivity (Wildman–Crippen MR) is 104 cm³/mol. The van der Waals surface area contributed by atoms with Crippen LogP contribution in [0.1, 0.15) is 29.8 Å². The molecule has 140 valence electrons. The number of carbonyl (C=O) groups excluding carboxylic acids is 1. The molecule has 0 spiro atoms. The maximum Gasteiger partial charge on any atom is 0.255 e. The molecule has 2 aromatic rings. The van der Waals surface area contributed by atoms with Gasteiger partial charge in [-0.3, -0.25) is 4.79 Å². The van der Waals surface area contributed by atoms with E-state index in [2.05, 4.69) is 0 Å². The molecule has 0 saturated carbocycles. The molecule has 0 saturated heterocycles. The van der Waals surface area contributed by atoms with E-state index in [1.807, 2.05) is 44.2 Å². The Morgan fingerprint density at radius 3 is 2.23 bits per heavy atom. The Morgan fingerprint density at radius 1 is 1.08 bits per heavy atom. The first kappa shape index (κ1) is 20.4. The van der Waals surface area contributed by atoms with Crippen LogP contribution >= 0.6 is 11.6 Å². The van der Waals surface area contributed by atoms with Crippen LogP contribution in [0.15, 0.2) is 53.4 Å². The zero-order valence-electron chi connectivity index (χ0n) is 15.3. The largest absolute Gasteiger partial charge is 0.332 e. The molecule has 0 aromatic heterocycles. The lowest BCUT2D eigenvalue weighted by Gasteiger charge is -2.27. The van der Waals surface area contributed by atoms with E-state index in [1.54, 1.807) is 4.90 Å². The van der Waals surface area contributed by atoms with E-state index < -0.39 is 10.0 Å². The summed E-state index contributed by atoms with van der Waals surface area (Å²) in [7, 11) is -0.759. The van der Waals surface area contributed by atoms with Gasteiger partial charge in [-0.15, -0.1) is 0 Å². The smallest absolute Gasteiger partial charge is 0.255 e. The Labute approximate surface area is 160 Å². The van der Waals surface area contributed by atoms with E-state index >= 15 is 0 Å². The van der Waals surface area contributed by atoms with Gasteiger partial charge < -0.3 is 4.90 Å². The predicted octanol–water partition coefficient (Wildman–Crippen LogP) is 3.64. The Kier molecular flexibility index (Phi) is 6.44. The van der Waals surface area contributed by atoms with Crippen molar-refractivity contribution >= 4 is 27.5 Å². The molecule has 0 N–H and O–H groups in total. The van der Waals surface area contributed by atoms with Gasteiger partial charge in [0.05, 0.1) is 15.5 Å². The van der Waals surface area contributed by atoms with Crippen molar-refractivity contribution in [3.63, 3.8) is 0 Å². The molecule has 2 rings (SSSR count). The van der Waals surface area contributed by atoms with Crippen LogP contribution < -0.4 is 0 Å². The molecule has 7 heteroatoms. The number of hydrogen-bond acceptors (Lipinski definition) is 3. The van der Waals surface area contributed by atoms with Gasteiger partial charge in [0.25, 0.3) is 5.91 Å². The summed E-state index contributed by atoms with van der Waals surface area (Å²) in [5.74, 6) is -0.301. The summed E-state index contributed by atoms with van der Waals surface area (Å²) in [5, 5.41) is 0.228. The third-order valence-corrected chi connectivity index (χ3v) is 6.17. The Hall–Kier alpha value is -1.89. The standard InChI is InChI=1S/C19H23ClN2O3S/c1-14(2)22(13-15-8-6-5-7-9-15)19(23)17-12-16(10-11-18(17)20)26(24,25)21(3)4/h5-12,14H,13H2,1-4H3. The number of halogens is 1. The fourth-order valence-electron chi connectivity index (χ4n) is 2.46. The van der Waals surface area contributed by atoms with Gasteiger partial charge in [0, 0.05) is 26.7 Å². The summed E-state index contributed by atoms with van der Waals surface area (Å²) >= 11 is 6.22. The first-order valence-electron chi connectivity index (χ1n) is 8.21. The summed E-state index contributed by atoms with van der Waals surface area (Å²) in [6, 6.07) is 13.8. The maximum atomic E-state index is 13.1. The molecule has 0 heterocycles. The highest BCUT2D eigenvalue weighted by atomic mass is 35.5. The second-order valence-electron chi connectivity index (χ2n) is 6.44. The second kappa shape index (κ2) is 8.20. The number of sulfonamides is 1. The van der Waals surface area contributed by atoms with E-state index in [0.29, 0.717) is 6.54 Å². The Balaban J connectivity index is 2.43. The zero-order chi connectivity index (χ0) is 19.5. The van der Waals surface area contributed by atoms with Crippen LogP contribution in [0.25, 0.3) is 0 Å². The van der Waals surface area contributed by atoms with E-state index in [4.69, 9.17) is 11.6 Å². The zero-order valence-corrected chi connectivity index (χ0v) is 16.9. The highest BCUT2D eigenvalue weighted by molar-refractivity contribution is 7.89. The highest BCUT2D eigenvalue weighted by Gasteiger charge is 2.25. The van der Waals surface area contributed by atoms with Crippen molar-refractivity contribution < 1.29 is 13.2 Å². The lowest BCUT2D eigenvalue weighted by atomic mass is 10.1. The average molecular weight is 395 g/mol. The van der Waals surface area contributed by atoms with Gasteiger partial charge in [-0.1, -0.05) is 41.9 Å². The average Bonchev–Trinajstić information content (AvgIpc) is 2.59. The second-order valence-corrected chi connectivity index (χ2v) is 9.00. The van der Waals surface area contributed by atoms with E-state index in [0.717, 1.165) is 9.87 Å². The molecule has 0 bridgehead atoms. The summed E-state index contributed by atoms with van der Waals surface area (Å²) in [6.07, 6.45) is 0. The van der Waals surface area contributed by atoms with Crippen molar-refractivity contribution in [3.8, 4) is 0 Å². The van der Waals surface area contributed by atoms with E-state index in [-0.39, 0.29) is 27.4 Å². The SMILES string of the molecule is CC(C)N(Cc1ccccc1)C(=O)c1cc(S(=O)(=O)N(C)C)ccc1Cl. The first-order chi connectivity index (χ1) is 12.1. The van der Waals surface area contributed by atoms with Crippen molar-refractivity contribution in [2.45, 2.75) is 31.3 Å². The molecule has 0 radical (unpaired) electrons. The summed E-state index contributed by atoms with van der Waals surface area (Å²) < 4.78 is 25.8. The molecule has 0 aliphatic carbocycles. The summed E-state index contributed by atoms with van der Waals surface area (Å²) in [5.41, 5.74) is 1.17. The van der Waals surface area contributed by atoms with Crippen molar-refractivity contribution in [2.75, 3.05) is 14.1 Å². The molecule has 0 atom stereocenters. The number of benzene rings is 2. The fraction of sp³-hybridized carbons (Fsp3) is 0.316. The van der Waals surface area contributed by atoms with Crippen LogP contribution in [0.5, 0.6) is 0 Å². The minimum Gasteiger partial charge on any atom is -0.332 e. The first-order valence-corrected chi connectivity index (χ1v) is 10.0. The third kappa shape index (κ3) is 4.44. The normalized spacial score (nSPS) is 11.8. The number of hydrogen-bond donors (Lipinski definition) is 0. The lowest BCUT2D eigenvalue weighted by Crippen LogP contribution is -2.36. The van der Waals surface area contributed by atoms with Gasteiger partial charge in [0.2, 0.25) is 10.0 Å². The van der Waals surface area contributed by atoms with Crippen molar-refractivity contribution in [2.24, 2.45) is 0 Å². The molecule has 1 amide bonds. The number of rotatable bonds is 6. The van der Waals surface area contributed by atoms with Crippen molar-refractivity contribution in [3.05, 3.63) is 64.7 Å². The molecule has 26 heavy (non-hydrogen) atoms. The van der Waals surface area contributed by atoms with Crippen molar-refractivity contribution in [1.29, 1.82) is 0 Å². The number of amides is 1. The maximum absolute atomic E-state index is 13.1. The number of carbonyl (C=O) groups is 1. The molecule has 5 nitrogen and oxygen atoms in total. The van der Waals surface area contributed by atoms with Crippen LogP contribution in [-0.4, -0.2) is 43.7 Å². The van der Waals surface area contributed by atoms with Gasteiger partial charge in [-0.2, -0.15) is 0 Å². The van der Waals surface area contributed by atoms with Crippen LogP contribution in [0.4, 0.5) is 0 Å². The van der Waals surface area contributed by atoms with Crippen molar-refractivity contribution in [1.82, 2.24) is 9.21 Å². The minimum atomic E-state index is -3.65. The Morgan fingerprint density at radius 2 is 1.69 bits per heavy atom. The van der Waals surface area contributed by atoms with Gasteiger partial charge in [0.1, 0.15) is 0 Å². The van der Waals surface area contributed by atoms with Crippen LogP contribution in [-0.2, 0) is 16.6 Å². The molecular formula is C19H23ClN2O3S. The van der Waals surface area contributed by atoms with Crippen LogP contribution in [0, 0.1) is 0 Å². The molecular weight excluding hydrogens is 372 g/mol. The Bertz CT molecular complexity index is 881. The molecule has 0 fully saturated rings. The van der Waals surface area contributed by atoms with Gasteiger partial charge >= 0.3 is 0 Å².